The number of anilines is 1. The second-order valence-corrected chi connectivity index (χ2v) is 8.97. The number of carbonyl (C=O) groups excluding carboxylic acids is 4. The quantitative estimate of drug-likeness (QED) is 0.390. The van der Waals surface area contributed by atoms with E-state index < -0.39 is 24.4 Å². The summed E-state index contributed by atoms with van der Waals surface area (Å²) in [5.41, 5.74) is 7.26. The third-order valence-electron chi connectivity index (χ3n) is 5.25. The normalized spacial score (nSPS) is 12.2. The number of benzene rings is 2. The molecule has 7 nitrogen and oxygen atoms in total. The molecule has 0 aliphatic heterocycles. The highest BCUT2D eigenvalue weighted by atomic mass is 35.5. The van der Waals surface area contributed by atoms with E-state index in [0.29, 0.717) is 21.2 Å². The summed E-state index contributed by atoms with van der Waals surface area (Å²) in [6, 6.07) is 12.5. The number of fused-ring (bicyclic) bond motifs is 1. The number of esters is 1. The Morgan fingerprint density at radius 3 is 2.39 bits per heavy atom. The fourth-order valence-corrected chi connectivity index (χ4v) is 5.18. The molecule has 0 atom stereocenters. The maximum Gasteiger partial charge on any atom is 0.339 e. The van der Waals surface area contributed by atoms with Gasteiger partial charge in [0.25, 0.3) is 11.8 Å². The monoisotopic (exact) mass is 482 g/mol. The van der Waals surface area contributed by atoms with Crippen molar-refractivity contribution in [3.63, 3.8) is 0 Å². The number of amides is 2. The first kappa shape index (κ1) is 22.7. The molecule has 2 aromatic carbocycles. The Morgan fingerprint density at radius 2 is 1.70 bits per heavy atom. The standard InChI is InChI=1S/C24H19ClN2O5S/c25-14-10-8-13(9-11-14)21(29)15-4-1-2-5-16(15)24(31)32-12-19(28)27-23-20(22(26)30)17-6-3-7-18(17)33-23/h1-2,4-5,8-11H,3,6-7,12H2,(H2,26,30)(H,27,28). The minimum absolute atomic E-state index is 0.0400. The lowest BCUT2D eigenvalue weighted by Crippen LogP contribution is -2.23. The molecule has 1 aliphatic carbocycles. The zero-order valence-corrected chi connectivity index (χ0v) is 18.9. The number of aryl methyl sites for hydroxylation is 1. The summed E-state index contributed by atoms with van der Waals surface area (Å²) in [6.45, 7) is -0.580. The van der Waals surface area contributed by atoms with Crippen LogP contribution in [0.4, 0.5) is 5.00 Å². The molecule has 9 heteroatoms. The third-order valence-corrected chi connectivity index (χ3v) is 6.71. The van der Waals surface area contributed by atoms with Gasteiger partial charge in [0, 0.05) is 21.0 Å². The summed E-state index contributed by atoms with van der Waals surface area (Å²) in [5, 5.41) is 3.47. The Hall–Kier alpha value is -3.49. The SMILES string of the molecule is NC(=O)c1c(NC(=O)COC(=O)c2ccccc2C(=O)c2ccc(Cl)cc2)sc2c1CCC2. The Kier molecular flexibility index (Phi) is 6.57. The Labute approximate surface area is 198 Å². The Bertz CT molecular complexity index is 1270. The van der Waals surface area contributed by atoms with Crippen molar-refractivity contribution < 1.29 is 23.9 Å². The van der Waals surface area contributed by atoms with Crippen LogP contribution in [0.25, 0.3) is 0 Å². The largest absolute Gasteiger partial charge is 0.452 e. The molecule has 0 saturated heterocycles. The molecule has 0 saturated carbocycles. The first-order valence-electron chi connectivity index (χ1n) is 10.2. The molecule has 0 fully saturated rings. The predicted molar refractivity (Wildman–Crippen MR) is 125 cm³/mol. The topological polar surface area (TPSA) is 116 Å². The molecule has 168 valence electrons. The number of ketones is 1. The Morgan fingerprint density at radius 1 is 1.00 bits per heavy atom. The summed E-state index contributed by atoms with van der Waals surface area (Å²) in [6.07, 6.45) is 2.53. The second-order valence-electron chi connectivity index (χ2n) is 7.43. The van der Waals surface area contributed by atoms with Gasteiger partial charge in [-0.2, -0.15) is 0 Å². The van der Waals surface area contributed by atoms with E-state index in [2.05, 4.69) is 5.32 Å². The number of nitrogens with one attached hydrogen (secondary N) is 1. The number of nitrogens with two attached hydrogens (primary N) is 1. The number of hydrogen-bond donors (Lipinski definition) is 2. The van der Waals surface area contributed by atoms with Gasteiger partial charge in [0.15, 0.2) is 12.4 Å². The molecule has 33 heavy (non-hydrogen) atoms. The van der Waals surface area contributed by atoms with Crippen LogP contribution in [0.15, 0.2) is 48.5 Å². The van der Waals surface area contributed by atoms with Crippen molar-refractivity contribution in [2.45, 2.75) is 19.3 Å². The molecule has 1 aromatic heterocycles. The molecule has 1 heterocycles. The number of carbonyl (C=O) groups is 4. The van der Waals surface area contributed by atoms with E-state index in [1.807, 2.05) is 0 Å². The Balaban J connectivity index is 1.45. The third kappa shape index (κ3) is 4.81. The zero-order chi connectivity index (χ0) is 23.5. The van der Waals surface area contributed by atoms with E-state index in [-0.39, 0.29) is 16.9 Å². The summed E-state index contributed by atoms with van der Waals surface area (Å²) in [4.78, 5) is 50.8. The lowest BCUT2D eigenvalue weighted by atomic mass is 9.98. The van der Waals surface area contributed by atoms with Crippen LogP contribution in [0.3, 0.4) is 0 Å². The van der Waals surface area contributed by atoms with Crippen LogP contribution in [0.2, 0.25) is 5.02 Å². The van der Waals surface area contributed by atoms with Crippen LogP contribution in [0.5, 0.6) is 0 Å². The van der Waals surface area contributed by atoms with Crippen molar-refractivity contribution in [2.75, 3.05) is 11.9 Å². The molecule has 3 N–H and O–H groups in total. The highest BCUT2D eigenvalue weighted by Gasteiger charge is 2.26. The van der Waals surface area contributed by atoms with E-state index >= 15 is 0 Å². The van der Waals surface area contributed by atoms with Crippen LogP contribution in [-0.4, -0.2) is 30.2 Å². The fraction of sp³-hybridized carbons (Fsp3) is 0.167. The van der Waals surface area contributed by atoms with Gasteiger partial charge >= 0.3 is 5.97 Å². The van der Waals surface area contributed by atoms with Gasteiger partial charge in [-0.05, 0) is 55.2 Å². The summed E-state index contributed by atoms with van der Waals surface area (Å²) in [7, 11) is 0. The number of rotatable bonds is 7. The van der Waals surface area contributed by atoms with Crippen LogP contribution >= 0.6 is 22.9 Å². The van der Waals surface area contributed by atoms with Gasteiger partial charge in [-0.25, -0.2) is 4.79 Å². The summed E-state index contributed by atoms with van der Waals surface area (Å²) < 4.78 is 5.15. The number of ether oxygens (including phenoxy) is 1. The molecular weight excluding hydrogens is 464 g/mol. The van der Waals surface area contributed by atoms with Gasteiger partial charge in [-0.1, -0.05) is 29.8 Å². The zero-order valence-electron chi connectivity index (χ0n) is 17.4. The summed E-state index contributed by atoms with van der Waals surface area (Å²) in [5.74, 6) is -2.39. The molecule has 3 aromatic rings. The van der Waals surface area contributed by atoms with Gasteiger partial charge in [0.1, 0.15) is 5.00 Å². The van der Waals surface area contributed by atoms with Gasteiger partial charge in [-0.3, -0.25) is 14.4 Å². The van der Waals surface area contributed by atoms with Crippen molar-refractivity contribution in [1.29, 1.82) is 0 Å². The first-order chi connectivity index (χ1) is 15.8. The van der Waals surface area contributed by atoms with E-state index in [0.717, 1.165) is 29.7 Å². The molecule has 1 aliphatic rings. The van der Waals surface area contributed by atoms with Crippen molar-refractivity contribution in [3.05, 3.63) is 86.2 Å². The minimum atomic E-state index is -0.813. The molecule has 4 rings (SSSR count). The van der Waals surface area contributed by atoms with E-state index in [1.54, 1.807) is 36.4 Å². The van der Waals surface area contributed by atoms with Crippen LogP contribution in [0.1, 0.15) is 53.5 Å². The molecule has 0 radical (unpaired) electrons. The van der Waals surface area contributed by atoms with Gasteiger partial charge in [0.2, 0.25) is 0 Å². The lowest BCUT2D eigenvalue weighted by Gasteiger charge is -2.10. The van der Waals surface area contributed by atoms with Crippen LogP contribution in [-0.2, 0) is 22.4 Å². The first-order valence-corrected chi connectivity index (χ1v) is 11.3. The molecular formula is C24H19ClN2O5S. The maximum absolute atomic E-state index is 12.9. The molecule has 0 unspecified atom stereocenters. The summed E-state index contributed by atoms with van der Waals surface area (Å²) >= 11 is 7.19. The van der Waals surface area contributed by atoms with E-state index in [9.17, 15) is 19.2 Å². The van der Waals surface area contributed by atoms with Gasteiger partial charge in [-0.15, -0.1) is 11.3 Å². The smallest absolute Gasteiger partial charge is 0.339 e. The van der Waals surface area contributed by atoms with Crippen LogP contribution in [0, 0.1) is 0 Å². The predicted octanol–water partition coefficient (Wildman–Crippen LogP) is 4.02. The van der Waals surface area contributed by atoms with Crippen molar-refractivity contribution in [3.8, 4) is 0 Å². The minimum Gasteiger partial charge on any atom is -0.452 e. The molecule has 2 amide bonds. The van der Waals surface area contributed by atoms with Crippen molar-refractivity contribution in [1.82, 2.24) is 0 Å². The average Bonchev–Trinajstić information content (AvgIpc) is 3.38. The lowest BCUT2D eigenvalue weighted by molar-refractivity contribution is -0.119. The number of thiophene rings is 1. The molecule has 0 spiro atoms. The van der Waals surface area contributed by atoms with Crippen molar-refractivity contribution in [2.24, 2.45) is 5.73 Å². The number of primary amides is 1. The van der Waals surface area contributed by atoms with Crippen LogP contribution < -0.4 is 11.1 Å². The average molecular weight is 483 g/mol. The number of hydrogen-bond acceptors (Lipinski definition) is 6. The highest BCUT2D eigenvalue weighted by Crippen LogP contribution is 2.38. The highest BCUT2D eigenvalue weighted by molar-refractivity contribution is 7.17. The van der Waals surface area contributed by atoms with E-state index in [1.165, 1.54) is 23.5 Å². The van der Waals surface area contributed by atoms with E-state index in [4.69, 9.17) is 22.1 Å². The maximum atomic E-state index is 12.9. The fourth-order valence-electron chi connectivity index (χ4n) is 3.74. The van der Waals surface area contributed by atoms with Crippen molar-refractivity contribution >= 4 is 51.5 Å². The van der Waals surface area contributed by atoms with Gasteiger partial charge in [0.05, 0.1) is 11.1 Å². The number of halogens is 1. The van der Waals surface area contributed by atoms with Gasteiger partial charge < -0.3 is 15.8 Å². The molecule has 0 bridgehead atoms. The second kappa shape index (κ2) is 9.56.